The summed E-state index contributed by atoms with van der Waals surface area (Å²) >= 11 is 5.61. The summed E-state index contributed by atoms with van der Waals surface area (Å²) < 4.78 is 21.6. The lowest BCUT2D eigenvalue weighted by molar-refractivity contribution is -0.243. The van der Waals surface area contributed by atoms with Crippen LogP contribution >= 0.6 is 11.6 Å². The summed E-state index contributed by atoms with van der Waals surface area (Å²) in [6.45, 7) is 0. The van der Waals surface area contributed by atoms with Crippen molar-refractivity contribution in [2.75, 3.05) is 6.26 Å². The van der Waals surface area contributed by atoms with Crippen LogP contribution in [0.1, 0.15) is 5.56 Å². The highest BCUT2D eigenvalue weighted by Crippen LogP contribution is 2.14. The Balaban J connectivity index is 3.07. The standard InChI is InChI=1S/C9H9ClO3S/c1-14(12,13)6-9(11)7-2-4-8(10)5-3-7/h2-6,11H,1H3/p-1/b9-6-. The average molecular weight is 232 g/mol. The van der Waals surface area contributed by atoms with Crippen molar-refractivity contribution < 1.29 is 13.5 Å². The fraction of sp³-hybridized carbons (Fsp3) is 0.111. The minimum atomic E-state index is -3.39. The van der Waals surface area contributed by atoms with E-state index in [0.29, 0.717) is 16.0 Å². The van der Waals surface area contributed by atoms with E-state index in [2.05, 4.69) is 0 Å². The molecule has 0 heterocycles. The van der Waals surface area contributed by atoms with Crippen molar-refractivity contribution in [3.8, 4) is 0 Å². The molecule has 0 spiro atoms. The molecule has 0 aromatic heterocycles. The van der Waals surface area contributed by atoms with Gasteiger partial charge in [0.05, 0.1) is 0 Å². The highest BCUT2D eigenvalue weighted by Gasteiger charge is 1.96. The first-order valence-corrected chi connectivity index (χ1v) is 6.06. The van der Waals surface area contributed by atoms with E-state index in [0.717, 1.165) is 6.26 Å². The van der Waals surface area contributed by atoms with Crippen LogP contribution in [-0.2, 0) is 9.84 Å². The third-order valence-electron chi connectivity index (χ3n) is 1.45. The minimum Gasteiger partial charge on any atom is -0.872 e. The monoisotopic (exact) mass is 231 g/mol. The number of hydrogen-bond acceptors (Lipinski definition) is 3. The Morgan fingerprint density at radius 3 is 2.29 bits per heavy atom. The van der Waals surface area contributed by atoms with Crippen LogP contribution in [0.4, 0.5) is 0 Å². The Morgan fingerprint density at radius 1 is 1.36 bits per heavy atom. The predicted octanol–water partition coefficient (Wildman–Crippen LogP) is 1.04. The van der Waals surface area contributed by atoms with E-state index in [1.54, 1.807) is 0 Å². The van der Waals surface area contributed by atoms with Crippen molar-refractivity contribution >= 4 is 27.2 Å². The van der Waals surface area contributed by atoms with Gasteiger partial charge in [-0.05, 0) is 17.7 Å². The molecule has 0 saturated heterocycles. The van der Waals surface area contributed by atoms with Crippen LogP contribution in [0.25, 0.3) is 5.76 Å². The van der Waals surface area contributed by atoms with Gasteiger partial charge in [0.2, 0.25) is 0 Å². The fourth-order valence-electron chi connectivity index (χ4n) is 0.877. The van der Waals surface area contributed by atoms with Crippen molar-refractivity contribution in [3.05, 3.63) is 40.3 Å². The zero-order chi connectivity index (χ0) is 10.8. The summed E-state index contributed by atoms with van der Waals surface area (Å²) in [4.78, 5) is 0. The maximum absolute atomic E-state index is 11.3. The van der Waals surface area contributed by atoms with Gasteiger partial charge in [-0.1, -0.05) is 29.5 Å². The van der Waals surface area contributed by atoms with E-state index in [-0.39, 0.29) is 0 Å². The summed E-state index contributed by atoms with van der Waals surface area (Å²) in [5.74, 6) is -0.538. The van der Waals surface area contributed by atoms with Gasteiger partial charge in [-0.2, -0.15) is 0 Å². The lowest BCUT2D eigenvalue weighted by Gasteiger charge is -2.11. The van der Waals surface area contributed by atoms with Crippen LogP contribution in [0.2, 0.25) is 5.02 Å². The summed E-state index contributed by atoms with van der Waals surface area (Å²) in [6, 6.07) is 6.02. The molecule has 0 aliphatic rings. The van der Waals surface area contributed by atoms with Gasteiger partial charge in [0.25, 0.3) is 0 Å². The number of sulfone groups is 1. The Kier molecular flexibility index (Phi) is 3.18. The number of benzene rings is 1. The highest BCUT2D eigenvalue weighted by molar-refractivity contribution is 7.93. The molecule has 0 amide bonds. The second-order valence-electron chi connectivity index (χ2n) is 2.82. The Hall–Kier alpha value is -1.00. The van der Waals surface area contributed by atoms with Crippen molar-refractivity contribution in [2.24, 2.45) is 0 Å². The quantitative estimate of drug-likeness (QED) is 0.715. The molecule has 0 fully saturated rings. The lowest BCUT2D eigenvalue weighted by atomic mass is 10.2. The SMILES string of the molecule is CS(=O)(=O)/C=C(\[O-])c1ccc(Cl)cc1. The molecule has 0 saturated carbocycles. The molecule has 5 heteroatoms. The first-order valence-electron chi connectivity index (χ1n) is 3.73. The normalized spacial score (nSPS) is 12.9. The molecule has 0 radical (unpaired) electrons. The van der Waals surface area contributed by atoms with Crippen molar-refractivity contribution in [1.82, 2.24) is 0 Å². The van der Waals surface area contributed by atoms with Crippen LogP contribution in [0.3, 0.4) is 0 Å². The smallest absolute Gasteiger partial charge is 0.168 e. The molecule has 1 aromatic rings. The van der Waals surface area contributed by atoms with E-state index in [1.807, 2.05) is 0 Å². The minimum absolute atomic E-state index is 0.305. The second-order valence-corrected chi connectivity index (χ2v) is 5.15. The van der Waals surface area contributed by atoms with Gasteiger partial charge >= 0.3 is 0 Å². The average Bonchev–Trinajstić information content (AvgIpc) is 2.02. The summed E-state index contributed by atoms with van der Waals surface area (Å²) in [7, 11) is -3.39. The molecule has 0 aliphatic heterocycles. The van der Waals surface area contributed by atoms with Gasteiger partial charge in [-0.15, -0.1) is 0 Å². The molecular formula is C9H8ClO3S-. The first-order chi connectivity index (χ1) is 6.38. The number of halogens is 1. The van der Waals surface area contributed by atoms with Crippen LogP contribution < -0.4 is 5.11 Å². The molecule has 1 rings (SSSR count). The molecule has 0 aliphatic carbocycles. The zero-order valence-electron chi connectivity index (χ0n) is 7.40. The number of rotatable bonds is 2. The summed E-state index contributed by atoms with van der Waals surface area (Å²) in [5.41, 5.74) is 0.305. The summed E-state index contributed by atoms with van der Waals surface area (Å²) in [5, 5.41) is 12.5. The van der Waals surface area contributed by atoms with Crippen molar-refractivity contribution in [2.45, 2.75) is 0 Å². The van der Waals surface area contributed by atoms with E-state index < -0.39 is 15.6 Å². The Labute approximate surface area is 87.6 Å². The number of hydrogen-bond donors (Lipinski definition) is 0. The van der Waals surface area contributed by atoms with Gasteiger partial charge in [-0.3, -0.25) is 0 Å². The Morgan fingerprint density at radius 2 is 1.86 bits per heavy atom. The topological polar surface area (TPSA) is 57.2 Å². The molecule has 1 aromatic carbocycles. The van der Waals surface area contributed by atoms with E-state index in [9.17, 15) is 13.5 Å². The molecular weight excluding hydrogens is 224 g/mol. The maximum atomic E-state index is 11.3. The zero-order valence-corrected chi connectivity index (χ0v) is 8.97. The van der Waals surface area contributed by atoms with Crippen molar-refractivity contribution in [3.63, 3.8) is 0 Å². The van der Waals surface area contributed by atoms with Crippen LogP contribution in [0.5, 0.6) is 0 Å². The molecule has 14 heavy (non-hydrogen) atoms. The van der Waals surface area contributed by atoms with Gasteiger partial charge < -0.3 is 5.11 Å². The Bertz CT molecular complexity index is 445. The third kappa shape index (κ3) is 3.40. The molecule has 3 nitrogen and oxygen atoms in total. The van der Waals surface area contributed by atoms with Gasteiger partial charge in [0.15, 0.2) is 9.84 Å². The predicted molar refractivity (Wildman–Crippen MR) is 54.3 cm³/mol. The first kappa shape index (κ1) is 11.1. The molecule has 76 valence electrons. The van der Waals surface area contributed by atoms with E-state index in [4.69, 9.17) is 11.6 Å². The lowest BCUT2D eigenvalue weighted by Crippen LogP contribution is -2.05. The largest absolute Gasteiger partial charge is 0.872 e. The van der Waals surface area contributed by atoms with E-state index >= 15 is 0 Å². The van der Waals surface area contributed by atoms with Crippen LogP contribution in [0, 0.1) is 0 Å². The van der Waals surface area contributed by atoms with Crippen LogP contribution in [-0.4, -0.2) is 14.7 Å². The third-order valence-corrected chi connectivity index (χ3v) is 2.34. The molecule has 0 bridgehead atoms. The van der Waals surface area contributed by atoms with Crippen molar-refractivity contribution in [1.29, 1.82) is 0 Å². The fourth-order valence-corrected chi connectivity index (χ4v) is 1.53. The van der Waals surface area contributed by atoms with Gasteiger partial charge in [0, 0.05) is 16.7 Å². The molecule has 0 atom stereocenters. The van der Waals surface area contributed by atoms with Gasteiger partial charge in [0.1, 0.15) is 0 Å². The molecule has 0 N–H and O–H groups in total. The van der Waals surface area contributed by atoms with Crippen LogP contribution in [0.15, 0.2) is 29.7 Å². The second kappa shape index (κ2) is 4.02. The highest BCUT2D eigenvalue weighted by atomic mass is 35.5. The van der Waals surface area contributed by atoms with Gasteiger partial charge in [-0.25, -0.2) is 8.42 Å². The molecule has 0 unspecified atom stereocenters. The summed E-state index contributed by atoms with van der Waals surface area (Å²) in [6.07, 6.45) is 0.973. The van der Waals surface area contributed by atoms with E-state index in [1.165, 1.54) is 24.3 Å². The maximum Gasteiger partial charge on any atom is 0.168 e.